The number of unbranched alkanes of at least 4 members (excludes halogenated alkanes) is 1. The molecule has 0 amide bonds. The lowest BCUT2D eigenvalue weighted by atomic mass is 9.96. The van der Waals surface area contributed by atoms with Crippen molar-refractivity contribution < 1.29 is 0 Å². The van der Waals surface area contributed by atoms with E-state index in [0.717, 1.165) is 71.6 Å². The van der Waals surface area contributed by atoms with Crippen LogP contribution in [0.5, 0.6) is 0 Å². The van der Waals surface area contributed by atoms with Crippen molar-refractivity contribution in [2.24, 2.45) is 0 Å². The molecule has 1 fully saturated rings. The second-order valence-electron chi connectivity index (χ2n) is 9.28. The minimum atomic E-state index is 0.0538. The number of hydrogen-bond acceptors (Lipinski definition) is 3. The number of nitriles is 1. The molecule has 0 spiro atoms. The zero-order valence-electron chi connectivity index (χ0n) is 20.1. The van der Waals surface area contributed by atoms with Crippen molar-refractivity contribution in [3.05, 3.63) is 117 Å². The van der Waals surface area contributed by atoms with Gasteiger partial charge in [-0.25, -0.2) is 4.98 Å². The largest absolute Gasteiger partial charge is 0.269 e. The number of hydrogen-bond donors (Lipinski definition) is 0. The smallest absolute Gasteiger partial charge is 0.261 e. The molecule has 0 atom stereocenters. The maximum absolute atomic E-state index is 14.0. The van der Waals surface area contributed by atoms with Gasteiger partial charge in [0.05, 0.1) is 23.0 Å². The Bertz CT molecular complexity index is 1430. The molecule has 5 rings (SSSR count). The van der Waals surface area contributed by atoms with Crippen molar-refractivity contribution in [3.8, 4) is 22.9 Å². The third kappa shape index (κ3) is 4.81. The van der Waals surface area contributed by atoms with Gasteiger partial charge < -0.3 is 0 Å². The van der Waals surface area contributed by atoms with E-state index in [1.165, 1.54) is 0 Å². The summed E-state index contributed by atoms with van der Waals surface area (Å²) in [5.41, 5.74) is 6.33. The fourth-order valence-corrected chi connectivity index (χ4v) is 4.63. The minimum Gasteiger partial charge on any atom is -0.269 e. The highest BCUT2D eigenvalue weighted by atomic mass is 16.1. The van der Waals surface area contributed by atoms with E-state index in [4.69, 9.17) is 4.98 Å². The van der Waals surface area contributed by atoms with Crippen LogP contribution >= 0.6 is 0 Å². The van der Waals surface area contributed by atoms with Crippen molar-refractivity contribution in [2.45, 2.75) is 51.4 Å². The number of aromatic nitrogens is 2. The molecule has 4 heteroatoms. The molecule has 0 N–H and O–H groups in total. The van der Waals surface area contributed by atoms with E-state index in [0.29, 0.717) is 17.9 Å². The summed E-state index contributed by atoms with van der Waals surface area (Å²) < 4.78 is 1.85. The quantitative estimate of drug-likeness (QED) is 0.299. The van der Waals surface area contributed by atoms with Gasteiger partial charge in [-0.15, -0.1) is 0 Å². The van der Waals surface area contributed by atoms with Crippen molar-refractivity contribution in [3.63, 3.8) is 0 Å². The molecule has 1 saturated carbocycles. The fourth-order valence-electron chi connectivity index (χ4n) is 4.63. The van der Waals surface area contributed by atoms with E-state index >= 15 is 0 Å². The van der Waals surface area contributed by atoms with Crippen molar-refractivity contribution in [1.82, 2.24) is 9.55 Å². The van der Waals surface area contributed by atoms with E-state index < -0.39 is 0 Å². The van der Waals surface area contributed by atoms with Crippen molar-refractivity contribution in [1.29, 1.82) is 5.26 Å². The third-order valence-corrected chi connectivity index (χ3v) is 6.71. The first kappa shape index (κ1) is 22.8. The van der Waals surface area contributed by atoms with Gasteiger partial charge in [-0.1, -0.05) is 74.0 Å². The van der Waals surface area contributed by atoms with Crippen LogP contribution in [0.2, 0.25) is 0 Å². The number of rotatable bonds is 8. The van der Waals surface area contributed by atoms with Crippen LogP contribution in [0, 0.1) is 11.3 Å². The Morgan fingerprint density at radius 1 is 0.971 bits per heavy atom. The molecule has 0 aliphatic heterocycles. The van der Waals surface area contributed by atoms with Gasteiger partial charge in [0.25, 0.3) is 5.56 Å². The maximum Gasteiger partial charge on any atom is 0.261 e. The summed E-state index contributed by atoms with van der Waals surface area (Å²) in [6.45, 7) is 2.17. The first-order valence-electron chi connectivity index (χ1n) is 12.5. The van der Waals surface area contributed by atoms with Gasteiger partial charge in [0, 0.05) is 17.9 Å². The summed E-state index contributed by atoms with van der Waals surface area (Å²) in [5, 5.41) is 9.45. The normalized spacial score (nSPS) is 12.9. The second-order valence-corrected chi connectivity index (χ2v) is 9.28. The van der Waals surface area contributed by atoms with Crippen LogP contribution in [-0.4, -0.2) is 9.55 Å². The van der Waals surface area contributed by atoms with Crippen molar-refractivity contribution in [2.75, 3.05) is 0 Å². The Labute approximate surface area is 206 Å². The highest BCUT2D eigenvalue weighted by Gasteiger charge is 2.31. The van der Waals surface area contributed by atoms with E-state index in [2.05, 4.69) is 25.1 Å². The molecule has 4 nitrogen and oxygen atoms in total. The molecule has 1 aromatic heterocycles. The predicted molar refractivity (Wildman–Crippen MR) is 140 cm³/mol. The monoisotopic (exact) mass is 459 g/mol. The van der Waals surface area contributed by atoms with Crippen LogP contribution in [-0.2, 0) is 12.8 Å². The van der Waals surface area contributed by atoms with E-state index in [9.17, 15) is 10.1 Å². The highest BCUT2D eigenvalue weighted by molar-refractivity contribution is 5.70. The molecule has 0 saturated heterocycles. The lowest BCUT2D eigenvalue weighted by Gasteiger charge is -2.17. The first-order chi connectivity index (χ1) is 17.2. The average Bonchev–Trinajstić information content (AvgIpc) is 3.75. The standard InChI is InChI=1S/C31H29N3O/c1-2-3-13-29-28(20-22-14-16-23(17-15-22)27-12-8-7-9-25(27)21-32)31(35)34(26-10-5-4-6-11-26)30(33-29)24-18-19-24/h4-12,14-17,24H,2-3,13,18-20H2,1H3. The highest BCUT2D eigenvalue weighted by Crippen LogP contribution is 2.39. The second kappa shape index (κ2) is 10.1. The van der Waals surface area contributed by atoms with Gasteiger partial charge >= 0.3 is 0 Å². The van der Waals surface area contributed by atoms with E-state index in [-0.39, 0.29) is 5.56 Å². The van der Waals surface area contributed by atoms with E-state index in [1.807, 2.05) is 71.3 Å². The third-order valence-electron chi connectivity index (χ3n) is 6.71. The number of para-hydroxylation sites is 1. The molecular weight excluding hydrogens is 430 g/mol. The molecule has 4 aromatic rings. The van der Waals surface area contributed by atoms with E-state index in [1.54, 1.807) is 0 Å². The minimum absolute atomic E-state index is 0.0538. The molecule has 1 aliphatic carbocycles. The fraction of sp³-hybridized carbons (Fsp3) is 0.258. The summed E-state index contributed by atoms with van der Waals surface area (Å²) in [6, 6.07) is 28.0. The lowest BCUT2D eigenvalue weighted by molar-refractivity contribution is 0.715. The molecular formula is C31H29N3O. The van der Waals surface area contributed by atoms with Gasteiger partial charge in [0.15, 0.2) is 0 Å². The summed E-state index contributed by atoms with van der Waals surface area (Å²) >= 11 is 0. The SMILES string of the molecule is CCCCc1nc(C2CC2)n(-c2ccccc2)c(=O)c1Cc1ccc(-c2ccccc2C#N)cc1. The van der Waals surface area contributed by atoms with Crippen LogP contribution in [0.4, 0.5) is 0 Å². The van der Waals surface area contributed by atoms with Crippen LogP contribution in [0.3, 0.4) is 0 Å². The predicted octanol–water partition coefficient (Wildman–Crippen LogP) is 6.58. The van der Waals surface area contributed by atoms with Gasteiger partial charge in [-0.05, 0) is 60.6 Å². The first-order valence-corrected chi connectivity index (χ1v) is 12.5. The summed E-state index contributed by atoms with van der Waals surface area (Å²) in [4.78, 5) is 19.1. The Morgan fingerprint density at radius 3 is 2.37 bits per heavy atom. The zero-order valence-corrected chi connectivity index (χ0v) is 20.1. The Morgan fingerprint density at radius 2 is 1.69 bits per heavy atom. The van der Waals surface area contributed by atoms with Gasteiger partial charge in [-0.3, -0.25) is 9.36 Å². The van der Waals surface area contributed by atoms with Crippen molar-refractivity contribution >= 4 is 0 Å². The lowest BCUT2D eigenvalue weighted by Crippen LogP contribution is -2.29. The van der Waals surface area contributed by atoms with Crippen LogP contribution in [0.25, 0.3) is 16.8 Å². The molecule has 0 radical (unpaired) electrons. The van der Waals surface area contributed by atoms with Crippen LogP contribution in [0.15, 0.2) is 83.7 Å². The van der Waals surface area contributed by atoms with Gasteiger partial charge in [0.2, 0.25) is 0 Å². The molecule has 0 unspecified atom stereocenters. The summed E-state index contributed by atoms with van der Waals surface area (Å²) in [7, 11) is 0. The van der Waals surface area contributed by atoms with Crippen LogP contribution in [0.1, 0.15) is 66.7 Å². The zero-order chi connectivity index (χ0) is 24.2. The Kier molecular flexibility index (Phi) is 6.59. The number of aryl methyl sites for hydroxylation is 1. The maximum atomic E-state index is 14.0. The Balaban J connectivity index is 1.56. The number of benzene rings is 3. The Hall–Kier alpha value is -3.97. The molecule has 174 valence electrons. The van der Waals surface area contributed by atoms with Gasteiger partial charge in [-0.2, -0.15) is 5.26 Å². The molecule has 35 heavy (non-hydrogen) atoms. The summed E-state index contributed by atoms with van der Waals surface area (Å²) in [5.74, 6) is 1.29. The molecule has 0 bridgehead atoms. The molecule has 1 heterocycles. The average molecular weight is 460 g/mol. The topological polar surface area (TPSA) is 58.7 Å². The van der Waals surface area contributed by atoms with Gasteiger partial charge in [0.1, 0.15) is 5.82 Å². The molecule has 1 aliphatic rings. The molecule has 3 aromatic carbocycles. The van der Waals surface area contributed by atoms with Crippen LogP contribution < -0.4 is 5.56 Å². The number of nitrogens with zero attached hydrogens (tertiary/aromatic N) is 3. The summed E-state index contributed by atoms with van der Waals surface area (Å²) in [6.07, 6.45) is 5.64.